The summed E-state index contributed by atoms with van der Waals surface area (Å²) < 4.78 is 37.5. The number of carboxylic acids is 1. The summed E-state index contributed by atoms with van der Waals surface area (Å²) in [5.74, 6) is -1.08. The molecule has 0 heterocycles. The average Bonchev–Trinajstić information content (AvgIpc) is 2.68. The van der Waals surface area contributed by atoms with Gasteiger partial charge in [0.2, 0.25) is 0 Å². The van der Waals surface area contributed by atoms with Crippen LogP contribution in [0.1, 0.15) is 48.5 Å². The Morgan fingerprint density at radius 2 is 0.939 bits per heavy atom. The van der Waals surface area contributed by atoms with Crippen molar-refractivity contribution in [2.24, 2.45) is 0 Å². The SMILES string of the molecule is CC(=O)[O-].CCO[Si](CCOCl)(OCC)OCC.CCO[Si](CC[O-])(OCC)OCC.[Rb+].[Rb+]. The van der Waals surface area contributed by atoms with Crippen LogP contribution in [0.25, 0.3) is 0 Å². The fourth-order valence-electron chi connectivity index (χ4n) is 2.29. The van der Waals surface area contributed by atoms with E-state index >= 15 is 0 Å². The molecule has 0 N–H and O–H groups in total. The maximum Gasteiger partial charge on any atom is 1.00 e. The van der Waals surface area contributed by atoms with Crippen LogP contribution in [0.5, 0.6) is 0 Å². The van der Waals surface area contributed by atoms with Gasteiger partial charge < -0.3 is 41.6 Å². The van der Waals surface area contributed by atoms with Gasteiger partial charge in [0.05, 0.1) is 18.5 Å². The van der Waals surface area contributed by atoms with Gasteiger partial charge >= 0.3 is 134 Å². The fraction of sp³-hybridized carbons (Fsp3) is 0.944. The van der Waals surface area contributed by atoms with Crippen molar-refractivity contribution in [2.45, 2.75) is 60.6 Å². The molecule has 0 aromatic heterocycles. The number of carbonyl (C=O) groups excluding carboxylic acids is 1. The van der Waals surface area contributed by atoms with Crippen LogP contribution in [0, 0.1) is 0 Å². The Morgan fingerprint density at radius 3 is 1.12 bits per heavy atom. The van der Waals surface area contributed by atoms with Gasteiger partial charge in [-0.3, -0.25) is 4.29 Å². The molecule has 0 saturated heterocycles. The van der Waals surface area contributed by atoms with Gasteiger partial charge in [-0.1, -0.05) is 0 Å². The molecule has 0 fully saturated rings. The van der Waals surface area contributed by atoms with E-state index in [1.807, 2.05) is 41.5 Å². The summed E-state index contributed by atoms with van der Waals surface area (Å²) >= 11 is 5.16. The molecule has 0 radical (unpaired) electrons. The van der Waals surface area contributed by atoms with Crippen molar-refractivity contribution in [1.82, 2.24) is 0 Å². The van der Waals surface area contributed by atoms with Crippen LogP contribution in [0.15, 0.2) is 0 Å². The minimum absolute atomic E-state index is 0. The largest absolute Gasteiger partial charge is 1.00 e. The Balaban J connectivity index is -0.000000130. The second-order valence-corrected chi connectivity index (χ2v) is 11.2. The summed E-state index contributed by atoms with van der Waals surface area (Å²) in [7, 11) is -5.13. The molecule has 0 spiro atoms. The van der Waals surface area contributed by atoms with Crippen molar-refractivity contribution in [3.05, 3.63) is 0 Å². The molecule has 0 saturated carbocycles. The summed E-state index contributed by atoms with van der Waals surface area (Å²) in [5.41, 5.74) is 0. The normalized spacial score (nSPS) is 10.6. The standard InChI is InChI=1S/C8H19ClO4Si.C8H19O4Si.C2H4O2.2Rb/c1-4-11-14(12-5-2,13-6-3)8-7-10-9;1-4-10-13(8-7-9,11-5-2)12-6-3;1-2(3)4;;/h4-8H2,1-3H3;4-8H2,1-3H3;1H3,(H,3,4);;/q;-1;;2*+1/p-1. The van der Waals surface area contributed by atoms with Gasteiger partial charge in [-0.25, -0.2) is 0 Å². The number of rotatable bonds is 17. The molecule has 10 nitrogen and oxygen atoms in total. The molecule has 33 heavy (non-hydrogen) atoms. The van der Waals surface area contributed by atoms with E-state index in [1.54, 1.807) is 0 Å². The molecular formula is C18H41ClO10Rb2Si2. The predicted molar refractivity (Wildman–Crippen MR) is 118 cm³/mol. The molecule has 0 aliphatic heterocycles. The smallest absolute Gasteiger partial charge is 0.854 e. The minimum atomic E-state index is -2.61. The zero-order chi connectivity index (χ0) is 24.6. The van der Waals surface area contributed by atoms with Gasteiger partial charge in [-0.2, -0.15) is 0 Å². The summed E-state index contributed by atoms with van der Waals surface area (Å²) in [4.78, 5) is 8.89. The van der Waals surface area contributed by atoms with Gasteiger partial charge in [-0.15, -0.1) is 6.61 Å². The number of aliphatic carboxylic acids is 1. The Hall–Kier alpha value is 3.48. The van der Waals surface area contributed by atoms with E-state index in [2.05, 4.69) is 4.29 Å². The van der Waals surface area contributed by atoms with Gasteiger partial charge in [0, 0.05) is 57.7 Å². The number of hydrogen-bond acceptors (Lipinski definition) is 10. The first-order valence-electron chi connectivity index (χ1n) is 10.5. The monoisotopic (exact) mass is 678 g/mol. The van der Waals surface area contributed by atoms with Gasteiger partial charge in [0.25, 0.3) is 0 Å². The Labute approximate surface area is 305 Å². The first-order valence-corrected chi connectivity index (χ1v) is 14.7. The molecule has 0 unspecified atom stereocenters. The van der Waals surface area contributed by atoms with Crippen LogP contribution < -0.4 is 127 Å². The van der Waals surface area contributed by atoms with Gasteiger partial charge in [0.1, 0.15) is 0 Å². The molecular weight excluding hydrogens is 639 g/mol. The summed E-state index contributed by atoms with van der Waals surface area (Å²) in [6.45, 7) is 15.9. The Morgan fingerprint density at radius 1 is 0.697 bits per heavy atom. The number of halogens is 1. The van der Waals surface area contributed by atoms with E-state index in [1.165, 1.54) is 0 Å². The van der Waals surface area contributed by atoms with Gasteiger partial charge in [-0.05, 0) is 48.5 Å². The maximum atomic E-state index is 10.6. The quantitative estimate of drug-likeness (QED) is 0.139. The average molecular weight is 680 g/mol. The fourth-order valence-corrected chi connectivity index (χ4v) is 7.10. The molecule has 0 aliphatic carbocycles. The van der Waals surface area contributed by atoms with E-state index in [-0.39, 0.29) is 123 Å². The zero-order valence-electron chi connectivity index (χ0n) is 22.0. The Kier molecular flexibility index (Phi) is 47.1. The molecule has 0 aromatic rings. The molecule has 0 rings (SSSR count). The summed E-state index contributed by atoms with van der Waals surface area (Å²) in [5, 5.41) is 19.5. The van der Waals surface area contributed by atoms with Crippen LogP contribution >= 0.6 is 11.9 Å². The molecule has 0 bridgehead atoms. The van der Waals surface area contributed by atoms with Crippen LogP contribution in [0.2, 0.25) is 12.1 Å². The van der Waals surface area contributed by atoms with Crippen molar-refractivity contribution < 1.29 is 162 Å². The molecule has 15 heteroatoms. The van der Waals surface area contributed by atoms with E-state index in [4.69, 9.17) is 48.3 Å². The summed E-state index contributed by atoms with van der Waals surface area (Å²) in [6.07, 6.45) is 0. The number of carbonyl (C=O) groups is 1. The third kappa shape index (κ3) is 29.9. The predicted octanol–water partition coefficient (Wildman–Crippen LogP) is -4.64. The van der Waals surface area contributed by atoms with Crippen molar-refractivity contribution in [3.63, 3.8) is 0 Å². The molecule has 0 aromatic carbocycles. The molecule has 0 amide bonds. The van der Waals surface area contributed by atoms with Crippen molar-refractivity contribution >= 4 is 35.4 Å². The molecule has 0 aliphatic rings. The zero-order valence-corrected chi connectivity index (χ0v) is 34.6. The maximum absolute atomic E-state index is 10.6. The first kappa shape index (κ1) is 46.3. The van der Waals surface area contributed by atoms with Crippen LogP contribution in [0.3, 0.4) is 0 Å². The third-order valence-electron chi connectivity index (χ3n) is 3.08. The minimum Gasteiger partial charge on any atom is -0.854 e. The van der Waals surface area contributed by atoms with Crippen LogP contribution in [-0.2, 0) is 35.6 Å². The van der Waals surface area contributed by atoms with E-state index in [0.717, 1.165) is 6.92 Å². The molecule has 0 atom stereocenters. The van der Waals surface area contributed by atoms with E-state index in [0.29, 0.717) is 58.3 Å². The van der Waals surface area contributed by atoms with E-state index < -0.39 is 23.6 Å². The second kappa shape index (κ2) is 33.5. The van der Waals surface area contributed by atoms with Crippen molar-refractivity contribution in [3.8, 4) is 0 Å². The van der Waals surface area contributed by atoms with Gasteiger partial charge in [0.15, 0.2) is 0 Å². The van der Waals surface area contributed by atoms with E-state index in [9.17, 15) is 5.11 Å². The number of carboxylic acid groups (broad SMARTS) is 1. The van der Waals surface area contributed by atoms with Crippen LogP contribution in [-0.4, -0.2) is 76.4 Å². The van der Waals surface area contributed by atoms with Crippen LogP contribution in [0.4, 0.5) is 0 Å². The van der Waals surface area contributed by atoms with Crippen molar-refractivity contribution in [1.29, 1.82) is 0 Å². The van der Waals surface area contributed by atoms with Crippen molar-refractivity contribution in [2.75, 3.05) is 52.9 Å². The topological polar surface area (TPSA) is 128 Å². The number of hydrogen-bond donors (Lipinski definition) is 0. The third-order valence-corrected chi connectivity index (χ3v) is 9.24. The first-order chi connectivity index (χ1) is 14.7. The summed E-state index contributed by atoms with van der Waals surface area (Å²) in [6, 6.07) is 0.953. The Bertz CT molecular complexity index is 355. The second-order valence-electron chi connectivity index (χ2n) is 5.47. The molecule has 190 valence electrons.